The van der Waals surface area contributed by atoms with Crippen molar-refractivity contribution in [1.29, 1.82) is 0 Å². The number of rotatable bonds is 4. The highest BCUT2D eigenvalue weighted by atomic mass is 35.5. The Hall–Kier alpha value is -2.22. The van der Waals surface area contributed by atoms with Gasteiger partial charge < -0.3 is 9.47 Å². The maximum Gasteiger partial charge on any atom is 0.225 e. The maximum atomic E-state index is 6.10. The minimum absolute atomic E-state index is 0.705. The molecule has 4 rings (SSSR count). The number of benzene rings is 1. The number of nitrogens with zero attached hydrogens (tertiary/aromatic N) is 6. The van der Waals surface area contributed by atoms with Crippen LogP contribution in [0.4, 0.5) is 5.95 Å². The van der Waals surface area contributed by atoms with Crippen molar-refractivity contribution < 1.29 is 0 Å². The minimum atomic E-state index is 0.705. The Kier molecular flexibility index (Phi) is 5.01. The van der Waals surface area contributed by atoms with Gasteiger partial charge in [0.05, 0.1) is 6.67 Å². The molecule has 0 spiro atoms. The second-order valence-electron chi connectivity index (χ2n) is 6.20. The molecule has 0 atom stereocenters. The molecule has 0 unspecified atom stereocenters. The van der Waals surface area contributed by atoms with Crippen LogP contribution in [0, 0.1) is 4.77 Å². The van der Waals surface area contributed by atoms with Gasteiger partial charge in [-0.1, -0.05) is 17.7 Å². The quantitative estimate of drug-likeness (QED) is 0.644. The molecule has 1 aliphatic heterocycles. The number of anilines is 1. The van der Waals surface area contributed by atoms with E-state index in [9.17, 15) is 0 Å². The first kappa shape index (κ1) is 17.2. The molecule has 3 heterocycles. The van der Waals surface area contributed by atoms with Crippen LogP contribution in [0.5, 0.6) is 0 Å². The number of piperazine rings is 1. The number of imidazole rings is 1. The van der Waals surface area contributed by atoms with Crippen LogP contribution in [-0.4, -0.2) is 50.2 Å². The Morgan fingerprint density at radius 2 is 1.77 bits per heavy atom. The molecule has 8 heteroatoms. The highest BCUT2D eigenvalue weighted by Crippen LogP contribution is 2.16. The second-order valence-corrected chi connectivity index (χ2v) is 7.00. The van der Waals surface area contributed by atoms with Crippen molar-refractivity contribution in [3.63, 3.8) is 0 Å². The lowest BCUT2D eigenvalue weighted by molar-refractivity contribution is 0.204. The topological polar surface area (TPSA) is 42.1 Å². The number of hydrogen-bond donors (Lipinski definition) is 0. The third kappa shape index (κ3) is 3.65. The second kappa shape index (κ2) is 7.57. The molecule has 3 aromatic rings. The van der Waals surface area contributed by atoms with Crippen molar-refractivity contribution in [2.75, 3.05) is 31.1 Å². The van der Waals surface area contributed by atoms with E-state index in [-0.39, 0.29) is 0 Å². The zero-order chi connectivity index (χ0) is 17.9. The molecule has 1 aromatic carbocycles. The van der Waals surface area contributed by atoms with Gasteiger partial charge in [-0.15, -0.1) is 0 Å². The summed E-state index contributed by atoms with van der Waals surface area (Å²) in [6, 6.07) is 9.56. The van der Waals surface area contributed by atoms with Gasteiger partial charge in [-0.25, -0.2) is 9.97 Å². The third-order valence-electron chi connectivity index (χ3n) is 4.49. The van der Waals surface area contributed by atoms with E-state index in [2.05, 4.69) is 24.3 Å². The summed E-state index contributed by atoms with van der Waals surface area (Å²) in [6.07, 6.45) is 7.58. The van der Waals surface area contributed by atoms with Gasteiger partial charge in [0.25, 0.3) is 0 Å². The summed E-state index contributed by atoms with van der Waals surface area (Å²) in [6.45, 7) is 4.49. The van der Waals surface area contributed by atoms with Crippen LogP contribution >= 0.6 is 23.8 Å². The van der Waals surface area contributed by atoms with Gasteiger partial charge in [0, 0.05) is 61.7 Å². The van der Waals surface area contributed by atoms with Gasteiger partial charge in [0.1, 0.15) is 0 Å². The lowest BCUT2D eigenvalue weighted by Crippen LogP contribution is -2.47. The normalized spacial score (nSPS) is 15.3. The molecule has 6 nitrogen and oxygen atoms in total. The van der Waals surface area contributed by atoms with Crippen LogP contribution in [0.3, 0.4) is 0 Å². The van der Waals surface area contributed by atoms with E-state index < -0.39 is 0 Å². The molecule has 0 amide bonds. The summed E-state index contributed by atoms with van der Waals surface area (Å²) >= 11 is 11.7. The van der Waals surface area contributed by atoms with Gasteiger partial charge in [0.2, 0.25) is 5.95 Å². The van der Waals surface area contributed by atoms with Gasteiger partial charge in [0.15, 0.2) is 4.77 Å². The minimum Gasteiger partial charge on any atom is -0.338 e. The van der Waals surface area contributed by atoms with Crippen molar-refractivity contribution >= 4 is 29.8 Å². The molecule has 1 aliphatic rings. The van der Waals surface area contributed by atoms with E-state index in [1.54, 1.807) is 12.4 Å². The molecule has 2 aromatic heterocycles. The lowest BCUT2D eigenvalue weighted by atomic mass is 10.3. The van der Waals surface area contributed by atoms with E-state index in [0.717, 1.165) is 49.3 Å². The van der Waals surface area contributed by atoms with Gasteiger partial charge in [-0.2, -0.15) is 0 Å². The highest BCUT2D eigenvalue weighted by Gasteiger charge is 2.19. The standard InChI is InChI=1S/C18H19ClN6S/c19-15-3-1-4-16(13-15)25-12-11-24(18(25)26)14-22-7-9-23(10-8-22)17-20-5-2-6-21-17/h1-6,11-13H,7-10,14H2. The van der Waals surface area contributed by atoms with Gasteiger partial charge in [-0.05, 0) is 36.5 Å². The van der Waals surface area contributed by atoms with E-state index in [1.165, 1.54) is 0 Å². The van der Waals surface area contributed by atoms with Crippen LogP contribution in [0.1, 0.15) is 0 Å². The third-order valence-corrected chi connectivity index (χ3v) is 5.16. The Morgan fingerprint density at radius 3 is 2.50 bits per heavy atom. The van der Waals surface area contributed by atoms with Crippen LogP contribution in [0.15, 0.2) is 55.1 Å². The Morgan fingerprint density at radius 1 is 1.00 bits per heavy atom. The summed E-state index contributed by atoms with van der Waals surface area (Å²) in [5, 5.41) is 0.705. The first-order valence-corrected chi connectivity index (χ1v) is 9.27. The molecular formula is C18H19ClN6S. The fourth-order valence-corrected chi connectivity index (χ4v) is 3.57. The van der Waals surface area contributed by atoms with Crippen LogP contribution in [0.25, 0.3) is 5.69 Å². The first-order valence-electron chi connectivity index (χ1n) is 8.49. The molecular weight excluding hydrogens is 368 g/mol. The summed E-state index contributed by atoms with van der Waals surface area (Å²) in [5.41, 5.74) is 0.979. The summed E-state index contributed by atoms with van der Waals surface area (Å²) in [5.74, 6) is 0.802. The van der Waals surface area contributed by atoms with E-state index in [1.807, 2.05) is 47.3 Å². The Labute approximate surface area is 162 Å². The molecule has 0 saturated carbocycles. The lowest BCUT2D eigenvalue weighted by Gasteiger charge is -2.34. The van der Waals surface area contributed by atoms with Crippen LogP contribution in [0.2, 0.25) is 5.02 Å². The maximum absolute atomic E-state index is 6.10. The Bertz CT molecular complexity index is 930. The predicted octanol–water partition coefficient (Wildman–Crippen LogP) is 3.23. The summed E-state index contributed by atoms with van der Waals surface area (Å²) < 4.78 is 4.83. The summed E-state index contributed by atoms with van der Waals surface area (Å²) in [7, 11) is 0. The average molecular weight is 387 g/mol. The fourth-order valence-electron chi connectivity index (χ4n) is 3.10. The zero-order valence-electron chi connectivity index (χ0n) is 14.2. The molecule has 0 aliphatic carbocycles. The predicted molar refractivity (Wildman–Crippen MR) is 105 cm³/mol. The van der Waals surface area contributed by atoms with Crippen LogP contribution in [-0.2, 0) is 6.67 Å². The number of hydrogen-bond acceptors (Lipinski definition) is 5. The fraction of sp³-hybridized carbons (Fsp3) is 0.278. The monoisotopic (exact) mass is 386 g/mol. The van der Waals surface area contributed by atoms with E-state index in [0.29, 0.717) is 5.02 Å². The van der Waals surface area contributed by atoms with E-state index in [4.69, 9.17) is 23.8 Å². The number of aromatic nitrogens is 4. The summed E-state index contributed by atoms with van der Waals surface area (Å²) in [4.78, 5) is 13.3. The molecule has 1 fully saturated rings. The van der Waals surface area contributed by atoms with Crippen molar-refractivity contribution in [1.82, 2.24) is 24.0 Å². The van der Waals surface area contributed by atoms with E-state index >= 15 is 0 Å². The molecule has 0 N–H and O–H groups in total. The van der Waals surface area contributed by atoms with Crippen LogP contribution < -0.4 is 4.90 Å². The van der Waals surface area contributed by atoms with Crippen molar-refractivity contribution in [3.8, 4) is 5.69 Å². The average Bonchev–Trinajstić information content (AvgIpc) is 3.03. The molecule has 26 heavy (non-hydrogen) atoms. The SMILES string of the molecule is S=c1n(CN2CCN(c3ncccn3)CC2)ccn1-c1cccc(Cl)c1. The molecule has 1 saturated heterocycles. The molecule has 134 valence electrons. The molecule has 0 radical (unpaired) electrons. The van der Waals surface area contributed by atoms with Crippen molar-refractivity contribution in [2.24, 2.45) is 0 Å². The smallest absolute Gasteiger partial charge is 0.225 e. The number of halogens is 1. The largest absolute Gasteiger partial charge is 0.338 e. The zero-order valence-corrected chi connectivity index (χ0v) is 15.8. The van der Waals surface area contributed by atoms with Crippen molar-refractivity contribution in [2.45, 2.75) is 6.67 Å². The molecule has 0 bridgehead atoms. The van der Waals surface area contributed by atoms with Gasteiger partial charge in [-0.3, -0.25) is 9.47 Å². The Balaban J connectivity index is 1.42. The van der Waals surface area contributed by atoms with Crippen molar-refractivity contribution in [3.05, 3.63) is 64.9 Å². The first-order chi connectivity index (χ1) is 12.7. The highest BCUT2D eigenvalue weighted by molar-refractivity contribution is 7.71. The van der Waals surface area contributed by atoms with Gasteiger partial charge >= 0.3 is 0 Å².